The molecular weight excluding hydrogens is 262 g/mol. The molecule has 1 N–H and O–H groups in total. The van der Waals surface area contributed by atoms with Gasteiger partial charge in [0.1, 0.15) is 0 Å². The first kappa shape index (κ1) is 15.8. The summed E-state index contributed by atoms with van der Waals surface area (Å²) in [4.78, 5) is 0. The number of ether oxygens (including phenoxy) is 2. The van der Waals surface area contributed by atoms with E-state index in [0.29, 0.717) is 12.0 Å². The molecule has 21 heavy (non-hydrogen) atoms. The fourth-order valence-corrected chi connectivity index (χ4v) is 5.44. The van der Waals surface area contributed by atoms with E-state index < -0.39 is 0 Å². The van der Waals surface area contributed by atoms with Gasteiger partial charge in [0.05, 0.1) is 11.2 Å². The first-order valence-electron chi connectivity index (χ1n) is 9.10. The predicted molar refractivity (Wildman–Crippen MR) is 85.5 cm³/mol. The lowest BCUT2D eigenvalue weighted by atomic mass is 9.70. The number of hydrogen-bond acceptors (Lipinski definition) is 3. The van der Waals surface area contributed by atoms with Gasteiger partial charge in [-0.15, -0.1) is 0 Å². The molecule has 0 aromatic carbocycles. The summed E-state index contributed by atoms with van der Waals surface area (Å²) in [7, 11) is 4.05. The monoisotopic (exact) mass is 295 g/mol. The number of nitrogens with one attached hydrogen (secondary N) is 1. The molecule has 1 heterocycles. The number of likely N-dealkylation sites (N-methyl/N-ethyl adjacent to an activating group) is 1. The van der Waals surface area contributed by atoms with E-state index in [1.807, 2.05) is 7.11 Å². The Bertz CT molecular complexity index is 327. The van der Waals surface area contributed by atoms with E-state index >= 15 is 0 Å². The number of methoxy groups -OCH3 is 1. The molecule has 1 saturated heterocycles. The first-order valence-corrected chi connectivity index (χ1v) is 9.10. The van der Waals surface area contributed by atoms with E-state index in [9.17, 15) is 0 Å². The van der Waals surface area contributed by atoms with Gasteiger partial charge in [-0.25, -0.2) is 0 Å². The van der Waals surface area contributed by atoms with Crippen molar-refractivity contribution in [1.29, 1.82) is 0 Å². The van der Waals surface area contributed by atoms with Gasteiger partial charge in [0.25, 0.3) is 0 Å². The van der Waals surface area contributed by atoms with Crippen LogP contribution in [0.1, 0.15) is 70.6 Å². The molecule has 3 rings (SSSR count). The Morgan fingerprint density at radius 2 is 1.71 bits per heavy atom. The number of hydrogen-bond donors (Lipinski definition) is 1. The normalized spacial score (nSPS) is 33.1. The molecule has 2 aliphatic carbocycles. The molecule has 122 valence electrons. The van der Waals surface area contributed by atoms with Crippen molar-refractivity contribution in [1.82, 2.24) is 5.32 Å². The van der Waals surface area contributed by atoms with E-state index in [-0.39, 0.29) is 11.2 Å². The molecule has 0 aromatic heterocycles. The molecule has 3 aliphatic rings. The third kappa shape index (κ3) is 3.02. The van der Waals surface area contributed by atoms with Crippen LogP contribution in [0.15, 0.2) is 0 Å². The van der Waals surface area contributed by atoms with Crippen molar-refractivity contribution in [2.24, 2.45) is 5.92 Å². The third-order valence-electron chi connectivity index (χ3n) is 6.50. The topological polar surface area (TPSA) is 30.5 Å². The maximum Gasteiger partial charge on any atom is 0.0833 e. The lowest BCUT2D eigenvalue weighted by Gasteiger charge is -2.49. The quantitative estimate of drug-likeness (QED) is 0.858. The van der Waals surface area contributed by atoms with Gasteiger partial charge >= 0.3 is 0 Å². The Hall–Kier alpha value is -0.120. The van der Waals surface area contributed by atoms with Crippen molar-refractivity contribution < 1.29 is 9.47 Å². The van der Waals surface area contributed by atoms with E-state index in [0.717, 1.165) is 6.61 Å². The Morgan fingerprint density at radius 3 is 2.33 bits per heavy atom. The molecule has 0 radical (unpaired) electrons. The highest BCUT2D eigenvalue weighted by Crippen LogP contribution is 2.46. The molecule has 1 aliphatic heterocycles. The average Bonchev–Trinajstić information content (AvgIpc) is 2.99. The smallest absolute Gasteiger partial charge is 0.0833 e. The summed E-state index contributed by atoms with van der Waals surface area (Å²) >= 11 is 0. The second-order valence-electron chi connectivity index (χ2n) is 7.59. The minimum Gasteiger partial charge on any atom is -0.377 e. The van der Waals surface area contributed by atoms with Crippen molar-refractivity contribution in [3.63, 3.8) is 0 Å². The minimum absolute atomic E-state index is 0.0760. The van der Waals surface area contributed by atoms with Crippen LogP contribution in [0, 0.1) is 5.92 Å². The van der Waals surface area contributed by atoms with Crippen LogP contribution in [-0.2, 0) is 9.47 Å². The van der Waals surface area contributed by atoms with Gasteiger partial charge < -0.3 is 14.8 Å². The average molecular weight is 295 g/mol. The lowest BCUT2D eigenvalue weighted by Crippen LogP contribution is -2.57. The molecule has 0 amide bonds. The third-order valence-corrected chi connectivity index (χ3v) is 6.50. The Labute approximate surface area is 130 Å². The molecule has 2 unspecified atom stereocenters. The van der Waals surface area contributed by atoms with Crippen molar-refractivity contribution in [3.05, 3.63) is 0 Å². The van der Waals surface area contributed by atoms with Gasteiger partial charge in [-0.2, -0.15) is 0 Å². The van der Waals surface area contributed by atoms with Crippen LogP contribution in [0.2, 0.25) is 0 Å². The highest BCUT2D eigenvalue weighted by atomic mass is 16.5. The van der Waals surface area contributed by atoms with Crippen LogP contribution >= 0.6 is 0 Å². The van der Waals surface area contributed by atoms with E-state index in [2.05, 4.69) is 12.4 Å². The summed E-state index contributed by atoms with van der Waals surface area (Å²) in [6, 6.07) is 0.493. The van der Waals surface area contributed by atoms with Crippen LogP contribution in [0.5, 0.6) is 0 Å². The van der Waals surface area contributed by atoms with Crippen LogP contribution < -0.4 is 5.32 Å². The molecule has 1 spiro atoms. The summed E-state index contributed by atoms with van der Waals surface area (Å²) in [6.07, 6.45) is 14.2. The zero-order valence-electron chi connectivity index (χ0n) is 14.0. The lowest BCUT2D eigenvalue weighted by molar-refractivity contribution is -0.139. The second-order valence-corrected chi connectivity index (χ2v) is 7.59. The van der Waals surface area contributed by atoms with Gasteiger partial charge in [0.15, 0.2) is 0 Å². The van der Waals surface area contributed by atoms with Crippen LogP contribution in [0.25, 0.3) is 0 Å². The maximum absolute atomic E-state index is 6.29. The highest BCUT2D eigenvalue weighted by Gasteiger charge is 2.48. The predicted octanol–water partition coefficient (Wildman–Crippen LogP) is 3.66. The standard InChI is InChI=1S/C18H33NO2/c1-19-16(18(20-2)11-6-7-12-18)15-8-13-21-17(14-15)9-4-3-5-10-17/h15-16,19H,3-14H2,1-2H3. The fraction of sp³-hybridized carbons (Fsp3) is 1.00. The van der Waals surface area contributed by atoms with Gasteiger partial charge in [-0.3, -0.25) is 0 Å². The first-order chi connectivity index (χ1) is 10.2. The summed E-state index contributed by atoms with van der Waals surface area (Å²) in [5.74, 6) is 0.708. The Balaban J connectivity index is 1.74. The Morgan fingerprint density at radius 1 is 1.05 bits per heavy atom. The van der Waals surface area contributed by atoms with Crippen molar-refractivity contribution in [2.75, 3.05) is 20.8 Å². The van der Waals surface area contributed by atoms with Gasteiger partial charge in [-0.05, 0) is 51.5 Å². The van der Waals surface area contributed by atoms with Crippen LogP contribution in [0.3, 0.4) is 0 Å². The maximum atomic E-state index is 6.29. The van der Waals surface area contributed by atoms with Gasteiger partial charge in [0.2, 0.25) is 0 Å². The molecule has 3 fully saturated rings. The molecular formula is C18H33NO2. The van der Waals surface area contributed by atoms with Gasteiger partial charge in [-0.1, -0.05) is 32.1 Å². The fourth-order valence-electron chi connectivity index (χ4n) is 5.44. The molecule has 0 bridgehead atoms. The Kier molecular flexibility index (Phi) is 4.92. The van der Waals surface area contributed by atoms with Gasteiger partial charge in [0, 0.05) is 19.8 Å². The molecule has 0 aromatic rings. The van der Waals surface area contributed by atoms with Crippen LogP contribution in [0.4, 0.5) is 0 Å². The zero-order valence-corrected chi connectivity index (χ0v) is 14.0. The van der Waals surface area contributed by atoms with Crippen molar-refractivity contribution in [3.8, 4) is 0 Å². The summed E-state index contributed by atoms with van der Waals surface area (Å²) in [5.41, 5.74) is 0.274. The van der Waals surface area contributed by atoms with Crippen LogP contribution in [-0.4, -0.2) is 38.0 Å². The minimum atomic E-state index is 0.0760. The summed E-state index contributed by atoms with van der Waals surface area (Å²) < 4.78 is 12.4. The number of rotatable bonds is 4. The van der Waals surface area contributed by atoms with E-state index in [1.54, 1.807) is 0 Å². The van der Waals surface area contributed by atoms with Crippen molar-refractivity contribution in [2.45, 2.75) is 87.9 Å². The SMILES string of the molecule is CNC(C1CCOC2(CCCCC2)C1)C1(OC)CCCC1. The summed E-state index contributed by atoms with van der Waals surface area (Å²) in [6.45, 7) is 0.947. The second kappa shape index (κ2) is 6.55. The van der Waals surface area contributed by atoms with E-state index in [1.165, 1.54) is 70.6 Å². The van der Waals surface area contributed by atoms with Crippen molar-refractivity contribution >= 4 is 0 Å². The summed E-state index contributed by atoms with van der Waals surface area (Å²) in [5, 5.41) is 3.65. The molecule has 2 saturated carbocycles. The molecule has 2 atom stereocenters. The molecule has 3 nitrogen and oxygen atoms in total. The largest absolute Gasteiger partial charge is 0.377 e. The molecule has 3 heteroatoms. The zero-order chi connectivity index (χ0) is 14.8. The highest BCUT2D eigenvalue weighted by molar-refractivity contribution is 5.03. The van der Waals surface area contributed by atoms with E-state index in [4.69, 9.17) is 9.47 Å².